The number of nitrogens with one attached hydrogen (secondary N) is 2. The van der Waals surface area contributed by atoms with E-state index in [1.165, 1.54) is 7.11 Å². The Morgan fingerprint density at radius 1 is 1.26 bits per heavy atom. The van der Waals surface area contributed by atoms with Crippen molar-refractivity contribution in [1.29, 1.82) is 0 Å². The van der Waals surface area contributed by atoms with Crippen molar-refractivity contribution in [2.75, 3.05) is 20.2 Å². The Morgan fingerprint density at radius 2 is 1.84 bits per heavy atom. The molecular formula is C13H24N2O4. The number of amides is 1. The van der Waals surface area contributed by atoms with Crippen LogP contribution in [0.2, 0.25) is 0 Å². The summed E-state index contributed by atoms with van der Waals surface area (Å²) in [6.07, 6.45) is 1.08. The predicted molar refractivity (Wildman–Crippen MR) is 70.8 cm³/mol. The van der Waals surface area contributed by atoms with E-state index in [2.05, 4.69) is 10.6 Å². The molecule has 110 valence electrons. The zero-order valence-electron chi connectivity index (χ0n) is 12.1. The van der Waals surface area contributed by atoms with Crippen LogP contribution < -0.4 is 10.6 Å². The molecule has 19 heavy (non-hydrogen) atoms. The van der Waals surface area contributed by atoms with Crippen LogP contribution in [0.25, 0.3) is 0 Å². The van der Waals surface area contributed by atoms with Crippen molar-refractivity contribution < 1.29 is 19.1 Å². The first-order valence-electron chi connectivity index (χ1n) is 6.61. The van der Waals surface area contributed by atoms with Crippen molar-refractivity contribution in [3.63, 3.8) is 0 Å². The zero-order valence-corrected chi connectivity index (χ0v) is 12.1. The lowest BCUT2D eigenvalue weighted by molar-refractivity contribution is -0.145. The normalized spacial score (nSPS) is 18.5. The van der Waals surface area contributed by atoms with Gasteiger partial charge in [0.05, 0.1) is 7.11 Å². The summed E-state index contributed by atoms with van der Waals surface area (Å²) in [5.74, 6) is -0.334. The molecule has 1 rings (SSSR count). The van der Waals surface area contributed by atoms with Crippen molar-refractivity contribution in [1.82, 2.24) is 10.6 Å². The molecule has 1 atom stereocenters. The van der Waals surface area contributed by atoms with Crippen LogP contribution in [0.4, 0.5) is 4.79 Å². The van der Waals surface area contributed by atoms with Crippen molar-refractivity contribution in [2.24, 2.45) is 5.92 Å². The van der Waals surface area contributed by atoms with Crippen LogP contribution in [0.3, 0.4) is 0 Å². The smallest absolute Gasteiger partial charge is 0.408 e. The van der Waals surface area contributed by atoms with Gasteiger partial charge in [0.2, 0.25) is 0 Å². The number of methoxy groups -OCH3 is 1. The van der Waals surface area contributed by atoms with Crippen LogP contribution >= 0.6 is 0 Å². The van der Waals surface area contributed by atoms with Crippen molar-refractivity contribution in [3.05, 3.63) is 0 Å². The number of esters is 1. The van der Waals surface area contributed by atoms with Gasteiger partial charge in [-0.05, 0) is 52.6 Å². The quantitative estimate of drug-likeness (QED) is 0.751. The fourth-order valence-corrected chi connectivity index (χ4v) is 2.11. The summed E-state index contributed by atoms with van der Waals surface area (Å²) in [5.41, 5.74) is -0.584. The molecule has 0 bridgehead atoms. The topological polar surface area (TPSA) is 76.7 Å². The van der Waals surface area contributed by atoms with E-state index in [0.29, 0.717) is 0 Å². The minimum atomic E-state index is -0.637. The van der Waals surface area contributed by atoms with Crippen LogP contribution in [0.5, 0.6) is 0 Å². The third-order valence-corrected chi connectivity index (χ3v) is 2.98. The van der Waals surface area contributed by atoms with Gasteiger partial charge in [0, 0.05) is 0 Å². The average Bonchev–Trinajstić information content (AvgIpc) is 2.34. The summed E-state index contributed by atoms with van der Waals surface area (Å²) < 4.78 is 9.95. The van der Waals surface area contributed by atoms with Gasteiger partial charge >= 0.3 is 12.1 Å². The second-order valence-electron chi connectivity index (χ2n) is 5.73. The second-order valence-corrected chi connectivity index (χ2v) is 5.73. The lowest BCUT2D eigenvalue weighted by Crippen LogP contribution is -2.50. The van der Waals surface area contributed by atoms with Crippen molar-refractivity contribution >= 4 is 12.1 Å². The molecule has 1 aliphatic heterocycles. The van der Waals surface area contributed by atoms with Crippen molar-refractivity contribution in [2.45, 2.75) is 45.3 Å². The number of carbonyl (C=O) groups is 2. The molecule has 1 saturated heterocycles. The molecule has 0 saturated carbocycles. The third-order valence-electron chi connectivity index (χ3n) is 2.98. The minimum Gasteiger partial charge on any atom is -0.467 e. The highest BCUT2D eigenvalue weighted by Crippen LogP contribution is 2.18. The highest BCUT2D eigenvalue weighted by molar-refractivity contribution is 5.81. The standard InChI is InChI=1S/C13H24N2O4/c1-13(2,3)19-12(17)15-10(11(16)18-4)9-5-7-14-8-6-9/h9-10,14H,5-8H2,1-4H3,(H,15,17)/t10-/m1/s1. The minimum absolute atomic E-state index is 0.0845. The van der Waals surface area contributed by atoms with E-state index in [0.717, 1.165) is 25.9 Å². The summed E-state index contributed by atoms with van der Waals surface area (Å²) in [5, 5.41) is 5.85. The van der Waals surface area contributed by atoms with E-state index < -0.39 is 23.7 Å². The summed E-state index contributed by atoms with van der Waals surface area (Å²) in [4.78, 5) is 23.6. The Bertz CT molecular complexity index is 319. The van der Waals surface area contributed by atoms with Gasteiger partial charge in [-0.2, -0.15) is 0 Å². The van der Waals surface area contributed by atoms with Gasteiger partial charge in [0.25, 0.3) is 0 Å². The largest absolute Gasteiger partial charge is 0.467 e. The van der Waals surface area contributed by atoms with Gasteiger partial charge in [-0.15, -0.1) is 0 Å². The van der Waals surface area contributed by atoms with E-state index in [1.807, 2.05) is 0 Å². The Kier molecular flexibility index (Phi) is 5.60. The van der Waals surface area contributed by atoms with Gasteiger partial charge < -0.3 is 20.1 Å². The first-order valence-corrected chi connectivity index (χ1v) is 6.61. The Labute approximate surface area is 114 Å². The van der Waals surface area contributed by atoms with E-state index in [4.69, 9.17) is 9.47 Å². The molecule has 6 heteroatoms. The van der Waals surface area contributed by atoms with Crippen LogP contribution in [0.1, 0.15) is 33.6 Å². The number of alkyl carbamates (subject to hydrolysis) is 1. The predicted octanol–water partition coefficient (Wildman–Crippen LogP) is 1.05. The van der Waals surface area contributed by atoms with Crippen LogP contribution in [-0.2, 0) is 14.3 Å². The van der Waals surface area contributed by atoms with Crippen molar-refractivity contribution in [3.8, 4) is 0 Å². The monoisotopic (exact) mass is 272 g/mol. The fourth-order valence-electron chi connectivity index (χ4n) is 2.11. The maximum absolute atomic E-state index is 11.8. The molecule has 0 spiro atoms. The summed E-state index contributed by atoms with van der Waals surface area (Å²) in [6.45, 7) is 7.03. The Morgan fingerprint density at radius 3 is 2.32 bits per heavy atom. The van der Waals surface area contributed by atoms with Gasteiger partial charge in [-0.3, -0.25) is 0 Å². The first kappa shape index (κ1) is 15.8. The molecule has 1 heterocycles. The molecule has 1 fully saturated rings. The number of rotatable bonds is 3. The molecule has 0 unspecified atom stereocenters. The van der Waals surface area contributed by atoms with Crippen LogP contribution in [-0.4, -0.2) is 43.9 Å². The molecule has 6 nitrogen and oxygen atoms in total. The Balaban J connectivity index is 2.64. The zero-order chi connectivity index (χ0) is 14.5. The second kappa shape index (κ2) is 6.75. The molecule has 1 amide bonds. The van der Waals surface area contributed by atoms with E-state index >= 15 is 0 Å². The molecule has 0 aliphatic carbocycles. The van der Waals surface area contributed by atoms with Gasteiger partial charge in [0.1, 0.15) is 11.6 Å². The number of carbonyl (C=O) groups excluding carboxylic acids is 2. The molecule has 0 aromatic carbocycles. The van der Waals surface area contributed by atoms with Crippen LogP contribution in [0, 0.1) is 5.92 Å². The van der Waals surface area contributed by atoms with E-state index in [9.17, 15) is 9.59 Å². The summed E-state index contributed by atoms with van der Waals surface area (Å²) >= 11 is 0. The maximum atomic E-state index is 11.8. The van der Waals surface area contributed by atoms with Gasteiger partial charge in [0.15, 0.2) is 0 Å². The maximum Gasteiger partial charge on any atom is 0.408 e. The number of ether oxygens (including phenoxy) is 2. The number of hydrogen-bond acceptors (Lipinski definition) is 5. The molecule has 0 aromatic rings. The van der Waals surface area contributed by atoms with Crippen LogP contribution in [0.15, 0.2) is 0 Å². The average molecular weight is 272 g/mol. The highest BCUT2D eigenvalue weighted by atomic mass is 16.6. The summed E-state index contributed by atoms with van der Waals surface area (Å²) in [7, 11) is 1.33. The molecule has 0 aromatic heterocycles. The van der Waals surface area contributed by atoms with E-state index in [-0.39, 0.29) is 5.92 Å². The lowest BCUT2D eigenvalue weighted by atomic mass is 9.90. The number of piperidine rings is 1. The SMILES string of the molecule is COC(=O)[C@H](NC(=O)OC(C)(C)C)C1CCNCC1. The lowest BCUT2D eigenvalue weighted by Gasteiger charge is -2.30. The molecule has 2 N–H and O–H groups in total. The third kappa shape index (κ3) is 5.46. The highest BCUT2D eigenvalue weighted by Gasteiger charge is 2.32. The molecular weight excluding hydrogens is 248 g/mol. The van der Waals surface area contributed by atoms with Gasteiger partial charge in [-0.25, -0.2) is 9.59 Å². The number of hydrogen-bond donors (Lipinski definition) is 2. The van der Waals surface area contributed by atoms with Gasteiger partial charge in [-0.1, -0.05) is 0 Å². The molecule has 1 aliphatic rings. The fraction of sp³-hybridized carbons (Fsp3) is 0.846. The molecule has 0 radical (unpaired) electrons. The first-order chi connectivity index (χ1) is 8.83. The van der Waals surface area contributed by atoms with E-state index in [1.54, 1.807) is 20.8 Å². The summed E-state index contributed by atoms with van der Waals surface area (Å²) in [6, 6.07) is -0.637. The Hall–Kier alpha value is -1.30.